The molecule has 1 atom stereocenters. The highest BCUT2D eigenvalue weighted by Crippen LogP contribution is 2.30. The summed E-state index contributed by atoms with van der Waals surface area (Å²) in [7, 11) is 0. The third-order valence-electron chi connectivity index (χ3n) is 4.44. The minimum Gasteiger partial charge on any atom is -0.492 e. The van der Waals surface area contributed by atoms with Crippen molar-refractivity contribution in [3.8, 4) is 5.75 Å². The second-order valence-corrected chi connectivity index (χ2v) is 6.73. The minimum atomic E-state index is -0.540. The van der Waals surface area contributed by atoms with Crippen LogP contribution in [0.1, 0.15) is 62.7 Å². The highest BCUT2D eigenvalue weighted by atomic mass is 35.5. The van der Waals surface area contributed by atoms with E-state index in [0.29, 0.717) is 30.0 Å². The van der Waals surface area contributed by atoms with Gasteiger partial charge in [-0.3, -0.25) is 9.59 Å². The Hall–Kier alpha value is -1.55. The van der Waals surface area contributed by atoms with Crippen molar-refractivity contribution in [3.63, 3.8) is 0 Å². The van der Waals surface area contributed by atoms with Gasteiger partial charge in [-0.15, -0.1) is 11.6 Å². The normalized spacial score (nSPS) is 16.5. The van der Waals surface area contributed by atoms with E-state index in [1.807, 2.05) is 13.8 Å². The van der Waals surface area contributed by atoms with Crippen LogP contribution in [0.25, 0.3) is 0 Å². The van der Waals surface area contributed by atoms with Crippen LogP contribution in [0.4, 0.5) is 5.69 Å². The molecule has 0 aliphatic heterocycles. The van der Waals surface area contributed by atoms with Crippen molar-refractivity contribution in [2.45, 2.75) is 57.7 Å². The quantitative estimate of drug-likeness (QED) is 0.566. The first-order valence-electron chi connectivity index (χ1n) is 8.82. The van der Waals surface area contributed by atoms with Gasteiger partial charge in [0.25, 0.3) is 0 Å². The number of ketones is 1. The van der Waals surface area contributed by atoms with E-state index in [1.54, 1.807) is 18.2 Å². The van der Waals surface area contributed by atoms with Crippen LogP contribution in [-0.4, -0.2) is 23.7 Å². The average molecular weight is 352 g/mol. The van der Waals surface area contributed by atoms with Gasteiger partial charge in [-0.05, 0) is 44.4 Å². The molecular weight excluding hydrogens is 326 g/mol. The molecule has 4 nitrogen and oxygen atoms in total. The Balaban J connectivity index is 2.16. The molecule has 1 aliphatic carbocycles. The molecule has 1 fully saturated rings. The molecule has 5 heteroatoms. The zero-order valence-electron chi connectivity index (χ0n) is 14.4. The fourth-order valence-corrected chi connectivity index (χ4v) is 3.15. The number of Topliss-reactive ketones (excluding diaryl/α,β-unsaturated/α-hetero) is 1. The molecule has 1 N–H and O–H groups in total. The molecule has 1 unspecified atom stereocenters. The molecule has 24 heavy (non-hydrogen) atoms. The fourth-order valence-electron chi connectivity index (χ4n) is 3.02. The smallest absolute Gasteiger partial charge is 0.227 e. The maximum Gasteiger partial charge on any atom is 0.227 e. The van der Waals surface area contributed by atoms with Crippen LogP contribution in [-0.2, 0) is 4.79 Å². The number of carbonyl (C=O) groups is 2. The largest absolute Gasteiger partial charge is 0.492 e. The summed E-state index contributed by atoms with van der Waals surface area (Å²) in [5.41, 5.74) is 1.13. The molecule has 1 aromatic rings. The standard InChI is InChI=1S/C19H26ClNO3/c1-3-15(20)18(22)14-10-11-16(17(12-14)24-4-2)21-19(23)13-8-6-5-7-9-13/h10-13,15H,3-9H2,1-2H3,(H,21,23). The van der Waals surface area contributed by atoms with Gasteiger partial charge in [0.1, 0.15) is 5.75 Å². The van der Waals surface area contributed by atoms with Crippen LogP contribution in [0.2, 0.25) is 0 Å². The van der Waals surface area contributed by atoms with E-state index in [4.69, 9.17) is 16.3 Å². The summed E-state index contributed by atoms with van der Waals surface area (Å²) >= 11 is 6.05. The lowest BCUT2D eigenvalue weighted by Gasteiger charge is -2.21. The Bertz CT molecular complexity index is 582. The third-order valence-corrected chi connectivity index (χ3v) is 4.95. The first kappa shape index (κ1) is 18.8. The second kappa shape index (κ2) is 9.07. The Morgan fingerprint density at radius 2 is 1.96 bits per heavy atom. The van der Waals surface area contributed by atoms with Crippen molar-refractivity contribution in [1.29, 1.82) is 0 Å². The molecule has 132 valence electrons. The Labute approximate surface area is 148 Å². The Morgan fingerprint density at radius 1 is 1.25 bits per heavy atom. The topological polar surface area (TPSA) is 55.4 Å². The predicted molar refractivity (Wildman–Crippen MR) is 97.1 cm³/mol. The summed E-state index contributed by atoms with van der Waals surface area (Å²) in [6.07, 6.45) is 5.88. The molecule has 0 heterocycles. The number of benzene rings is 1. The van der Waals surface area contributed by atoms with Gasteiger partial charge in [0, 0.05) is 11.5 Å². The lowest BCUT2D eigenvalue weighted by atomic mass is 9.88. The molecule has 1 amide bonds. The van der Waals surface area contributed by atoms with Gasteiger partial charge in [0.15, 0.2) is 5.78 Å². The summed E-state index contributed by atoms with van der Waals surface area (Å²) in [6, 6.07) is 5.11. The van der Waals surface area contributed by atoms with Crippen LogP contribution in [0.5, 0.6) is 5.75 Å². The number of amides is 1. The Morgan fingerprint density at radius 3 is 2.58 bits per heavy atom. The minimum absolute atomic E-state index is 0.0403. The zero-order chi connectivity index (χ0) is 17.5. The summed E-state index contributed by atoms with van der Waals surface area (Å²) < 4.78 is 5.62. The first-order chi connectivity index (χ1) is 11.6. The number of ether oxygens (including phenoxy) is 1. The summed E-state index contributed by atoms with van der Waals surface area (Å²) in [5, 5.41) is 2.43. The van der Waals surface area contributed by atoms with E-state index in [0.717, 1.165) is 25.7 Å². The van der Waals surface area contributed by atoms with Crippen molar-refractivity contribution < 1.29 is 14.3 Å². The Kier molecular flexibility index (Phi) is 7.10. The number of carbonyl (C=O) groups excluding carboxylic acids is 2. The van der Waals surface area contributed by atoms with Crippen LogP contribution >= 0.6 is 11.6 Å². The average Bonchev–Trinajstić information content (AvgIpc) is 2.62. The number of anilines is 1. The van der Waals surface area contributed by atoms with Crippen molar-refractivity contribution in [3.05, 3.63) is 23.8 Å². The van der Waals surface area contributed by atoms with Gasteiger partial charge in [0.2, 0.25) is 5.91 Å². The van der Waals surface area contributed by atoms with Gasteiger partial charge in [-0.1, -0.05) is 26.2 Å². The molecular formula is C19H26ClNO3. The van der Waals surface area contributed by atoms with E-state index in [1.165, 1.54) is 6.42 Å². The number of alkyl halides is 1. The van der Waals surface area contributed by atoms with Crippen molar-refractivity contribution in [1.82, 2.24) is 0 Å². The molecule has 1 aromatic carbocycles. The third kappa shape index (κ3) is 4.73. The monoisotopic (exact) mass is 351 g/mol. The molecule has 0 spiro atoms. The van der Waals surface area contributed by atoms with E-state index in [2.05, 4.69) is 5.32 Å². The number of hydrogen-bond acceptors (Lipinski definition) is 3. The second-order valence-electron chi connectivity index (χ2n) is 6.21. The fraction of sp³-hybridized carbons (Fsp3) is 0.579. The highest BCUT2D eigenvalue weighted by molar-refractivity contribution is 6.33. The van der Waals surface area contributed by atoms with Gasteiger partial charge in [-0.2, -0.15) is 0 Å². The van der Waals surface area contributed by atoms with Crippen LogP contribution in [0.15, 0.2) is 18.2 Å². The molecule has 0 bridgehead atoms. The number of hydrogen-bond donors (Lipinski definition) is 1. The lowest BCUT2D eigenvalue weighted by Crippen LogP contribution is -2.25. The molecule has 2 rings (SSSR count). The summed E-state index contributed by atoms with van der Waals surface area (Å²) in [5.74, 6) is 0.512. The highest BCUT2D eigenvalue weighted by Gasteiger charge is 2.23. The molecule has 0 saturated heterocycles. The predicted octanol–water partition coefficient (Wildman–Crippen LogP) is 4.80. The number of halogens is 1. The summed E-state index contributed by atoms with van der Waals surface area (Å²) in [4.78, 5) is 24.7. The first-order valence-corrected chi connectivity index (χ1v) is 9.26. The van der Waals surface area contributed by atoms with Crippen molar-refractivity contribution in [2.24, 2.45) is 5.92 Å². The maximum atomic E-state index is 12.4. The van der Waals surface area contributed by atoms with E-state index in [-0.39, 0.29) is 17.6 Å². The van der Waals surface area contributed by atoms with Crippen molar-refractivity contribution >= 4 is 29.0 Å². The lowest BCUT2D eigenvalue weighted by molar-refractivity contribution is -0.120. The maximum absolute atomic E-state index is 12.4. The van der Waals surface area contributed by atoms with Crippen molar-refractivity contribution in [2.75, 3.05) is 11.9 Å². The number of rotatable bonds is 7. The van der Waals surface area contributed by atoms with Crippen LogP contribution in [0, 0.1) is 5.92 Å². The van der Waals surface area contributed by atoms with Crippen LogP contribution in [0.3, 0.4) is 0 Å². The zero-order valence-corrected chi connectivity index (χ0v) is 15.2. The van der Waals surface area contributed by atoms with Gasteiger partial charge in [-0.25, -0.2) is 0 Å². The van der Waals surface area contributed by atoms with E-state index in [9.17, 15) is 9.59 Å². The van der Waals surface area contributed by atoms with E-state index < -0.39 is 5.38 Å². The van der Waals surface area contributed by atoms with Gasteiger partial charge in [0.05, 0.1) is 17.7 Å². The molecule has 1 saturated carbocycles. The van der Waals surface area contributed by atoms with E-state index >= 15 is 0 Å². The van der Waals surface area contributed by atoms with Crippen LogP contribution < -0.4 is 10.1 Å². The van der Waals surface area contributed by atoms with Gasteiger partial charge >= 0.3 is 0 Å². The van der Waals surface area contributed by atoms with Gasteiger partial charge < -0.3 is 10.1 Å². The molecule has 0 radical (unpaired) electrons. The SMILES string of the molecule is CCOc1cc(C(=O)C(Cl)CC)ccc1NC(=O)C1CCCCC1. The molecule has 0 aromatic heterocycles. The number of nitrogens with one attached hydrogen (secondary N) is 1. The molecule has 1 aliphatic rings. The summed E-state index contributed by atoms with van der Waals surface area (Å²) in [6.45, 7) is 4.21.